The van der Waals surface area contributed by atoms with Gasteiger partial charge in [-0.25, -0.2) is 0 Å². The molecule has 0 aromatic heterocycles. The molecule has 0 aliphatic carbocycles. The van der Waals surface area contributed by atoms with Crippen LogP contribution >= 0.6 is 0 Å². The van der Waals surface area contributed by atoms with Gasteiger partial charge < -0.3 is 4.74 Å². The second-order valence-corrected chi connectivity index (χ2v) is 4.91. The lowest BCUT2D eigenvalue weighted by Gasteiger charge is -2.18. The number of para-hydroxylation sites is 1. The van der Waals surface area contributed by atoms with Gasteiger partial charge in [0.2, 0.25) is 0 Å². The average Bonchev–Trinajstić information content (AvgIpc) is 2.50. The number of benzene rings is 2. The molecular formula is C17H11F3O2. The van der Waals surface area contributed by atoms with E-state index < -0.39 is 11.7 Å². The zero-order chi connectivity index (χ0) is 15.7. The summed E-state index contributed by atoms with van der Waals surface area (Å²) in [6, 6.07) is 11.6. The van der Waals surface area contributed by atoms with Gasteiger partial charge in [-0.2, -0.15) is 13.2 Å². The Labute approximate surface area is 124 Å². The molecule has 0 spiro atoms. The van der Waals surface area contributed by atoms with Crippen molar-refractivity contribution in [2.24, 2.45) is 0 Å². The van der Waals surface area contributed by atoms with Crippen molar-refractivity contribution in [1.82, 2.24) is 0 Å². The van der Waals surface area contributed by atoms with E-state index >= 15 is 0 Å². The summed E-state index contributed by atoms with van der Waals surface area (Å²) in [5.41, 5.74) is 0.331. The van der Waals surface area contributed by atoms with Crippen molar-refractivity contribution in [2.75, 3.05) is 6.61 Å². The highest BCUT2D eigenvalue weighted by Crippen LogP contribution is 2.31. The summed E-state index contributed by atoms with van der Waals surface area (Å²) in [5.74, 6) is 0.271. The topological polar surface area (TPSA) is 26.3 Å². The zero-order valence-electron chi connectivity index (χ0n) is 11.4. The van der Waals surface area contributed by atoms with Crippen LogP contribution in [0, 0.1) is 0 Å². The predicted octanol–water partition coefficient (Wildman–Crippen LogP) is 4.36. The molecule has 3 rings (SSSR count). The van der Waals surface area contributed by atoms with Crippen LogP contribution < -0.4 is 4.74 Å². The quantitative estimate of drug-likeness (QED) is 0.732. The molecule has 0 unspecified atom stereocenters. The summed E-state index contributed by atoms with van der Waals surface area (Å²) in [5, 5.41) is 0. The van der Waals surface area contributed by atoms with Crippen LogP contribution in [0.25, 0.3) is 6.08 Å². The maximum absolute atomic E-state index is 12.7. The van der Waals surface area contributed by atoms with E-state index in [0.717, 1.165) is 12.1 Å². The van der Waals surface area contributed by atoms with Crippen LogP contribution in [-0.4, -0.2) is 12.4 Å². The minimum Gasteiger partial charge on any atom is -0.488 e. The van der Waals surface area contributed by atoms with Crippen LogP contribution in [0.2, 0.25) is 0 Å². The second-order valence-electron chi connectivity index (χ2n) is 4.91. The van der Waals surface area contributed by atoms with Gasteiger partial charge in [0.25, 0.3) is 0 Å². The summed E-state index contributed by atoms with van der Waals surface area (Å²) >= 11 is 0. The molecule has 0 bridgehead atoms. The SMILES string of the molecule is O=C1/C(=C/c2cccc(C(F)(F)F)c2)COc2ccccc21. The molecule has 5 heteroatoms. The van der Waals surface area contributed by atoms with Crippen LogP contribution in [0.1, 0.15) is 21.5 Å². The van der Waals surface area contributed by atoms with Gasteiger partial charge in [0.05, 0.1) is 11.1 Å². The van der Waals surface area contributed by atoms with Gasteiger partial charge in [-0.15, -0.1) is 0 Å². The molecule has 0 amide bonds. The Balaban J connectivity index is 1.96. The molecule has 0 N–H and O–H groups in total. The maximum Gasteiger partial charge on any atom is 0.416 e. The lowest BCUT2D eigenvalue weighted by Crippen LogP contribution is -2.18. The summed E-state index contributed by atoms with van der Waals surface area (Å²) in [7, 11) is 0. The minimum atomic E-state index is -4.41. The molecule has 22 heavy (non-hydrogen) atoms. The number of fused-ring (bicyclic) bond motifs is 1. The van der Waals surface area contributed by atoms with E-state index in [1.165, 1.54) is 18.2 Å². The number of carbonyl (C=O) groups is 1. The molecule has 1 aliphatic rings. The van der Waals surface area contributed by atoms with Crippen molar-refractivity contribution in [1.29, 1.82) is 0 Å². The number of alkyl halides is 3. The standard InChI is InChI=1S/C17H11F3O2/c18-17(19,20)13-5-3-4-11(9-13)8-12-10-22-15-7-2-1-6-14(15)16(12)21/h1-9H,10H2/b12-8+. The van der Waals surface area contributed by atoms with Crippen LogP contribution in [-0.2, 0) is 6.18 Å². The van der Waals surface area contributed by atoms with Crippen molar-refractivity contribution in [3.63, 3.8) is 0 Å². The first-order valence-electron chi connectivity index (χ1n) is 6.59. The minimum absolute atomic E-state index is 0.0477. The summed E-state index contributed by atoms with van der Waals surface area (Å²) in [4.78, 5) is 12.3. The van der Waals surface area contributed by atoms with Crippen molar-refractivity contribution >= 4 is 11.9 Å². The molecule has 0 fully saturated rings. The number of hydrogen-bond acceptors (Lipinski definition) is 2. The number of halogens is 3. The number of ketones is 1. The third-order valence-corrected chi connectivity index (χ3v) is 3.36. The third-order valence-electron chi connectivity index (χ3n) is 3.36. The average molecular weight is 304 g/mol. The van der Waals surface area contributed by atoms with Crippen molar-refractivity contribution in [3.05, 3.63) is 70.8 Å². The molecule has 0 atom stereocenters. The van der Waals surface area contributed by atoms with Gasteiger partial charge in [-0.3, -0.25) is 4.79 Å². The first-order chi connectivity index (χ1) is 10.4. The van der Waals surface area contributed by atoms with E-state index in [4.69, 9.17) is 4.74 Å². The first-order valence-corrected chi connectivity index (χ1v) is 6.59. The number of hydrogen-bond donors (Lipinski definition) is 0. The van der Waals surface area contributed by atoms with Crippen LogP contribution in [0.3, 0.4) is 0 Å². The van der Waals surface area contributed by atoms with Gasteiger partial charge in [-0.1, -0.05) is 24.3 Å². The smallest absolute Gasteiger partial charge is 0.416 e. The molecule has 0 radical (unpaired) electrons. The Morgan fingerprint density at radius 2 is 1.82 bits per heavy atom. The van der Waals surface area contributed by atoms with E-state index in [0.29, 0.717) is 22.4 Å². The first kappa shape index (κ1) is 14.4. The van der Waals surface area contributed by atoms with Gasteiger partial charge in [0.15, 0.2) is 5.78 Å². The van der Waals surface area contributed by atoms with Crippen LogP contribution in [0.5, 0.6) is 5.75 Å². The molecular weight excluding hydrogens is 293 g/mol. The molecule has 2 aromatic carbocycles. The fourth-order valence-corrected chi connectivity index (χ4v) is 2.29. The molecule has 112 valence electrons. The second kappa shape index (κ2) is 5.33. The fourth-order valence-electron chi connectivity index (χ4n) is 2.29. The van der Waals surface area contributed by atoms with E-state index in [1.54, 1.807) is 24.3 Å². The van der Waals surface area contributed by atoms with E-state index in [1.807, 2.05) is 0 Å². The number of carbonyl (C=O) groups excluding carboxylic acids is 1. The molecule has 2 aromatic rings. The summed E-state index contributed by atoms with van der Waals surface area (Å²) in [6.07, 6.45) is -2.97. The van der Waals surface area contributed by atoms with Gasteiger partial charge in [-0.05, 0) is 35.9 Å². The highest BCUT2D eigenvalue weighted by atomic mass is 19.4. The monoisotopic (exact) mass is 304 g/mol. The van der Waals surface area contributed by atoms with Crippen molar-refractivity contribution in [2.45, 2.75) is 6.18 Å². The maximum atomic E-state index is 12.7. The van der Waals surface area contributed by atoms with E-state index in [9.17, 15) is 18.0 Å². The predicted molar refractivity (Wildman–Crippen MR) is 75.7 cm³/mol. The van der Waals surface area contributed by atoms with E-state index in [-0.39, 0.29) is 12.4 Å². The van der Waals surface area contributed by atoms with Crippen molar-refractivity contribution in [3.8, 4) is 5.75 Å². The number of ether oxygens (including phenoxy) is 1. The molecule has 0 saturated heterocycles. The van der Waals surface area contributed by atoms with Crippen LogP contribution in [0.15, 0.2) is 54.1 Å². The number of Topliss-reactive ketones (excluding diaryl/α,β-unsaturated/α-hetero) is 1. The Morgan fingerprint density at radius 1 is 1.05 bits per heavy atom. The molecule has 0 saturated carbocycles. The number of rotatable bonds is 1. The summed E-state index contributed by atoms with van der Waals surface area (Å²) in [6.45, 7) is 0.0477. The lowest BCUT2D eigenvalue weighted by molar-refractivity contribution is -0.137. The van der Waals surface area contributed by atoms with Gasteiger partial charge >= 0.3 is 6.18 Å². The van der Waals surface area contributed by atoms with E-state index in [2.05, 4.69) is 0 Å². The Hall–Kier alpha value is -2.56. The van der Waals surface area contributed by atoms with Gasteiger partial charge in [0, 0.05) is 5.57 Å². The highest BCUT2D eigenvalue weighted by Gasteiger charge is 2.30. The fraction of sp³-hybridized carbons (Fsp3) is 0.118. The van der Waals surface area contributed by atoms with Crippen molar-refractivity contribution < 1.29 is 22.7 Å². The summed E-state index contributed by atoms with van der Waals surface area (Å²) < 4.78 is 43.6. The highest BCUT2D eigenvalue weighted by molar-refractivity contribution is 6.14. The normalized spacial score (nSPS) is 16.3. The Morgan fingerprint density at radius 3 is 2.59 bits per heavy atom. The molecule has 2 nitrogen and oxygen atoms in total. The lowest BCUT2D eigenvalue weighted by atomic mass is 9.98. The zero-order valence-corrected chi connectivity index (χ0v) is 11.4. The molecule has 1 aliphatic heterocycles. The van der Waals surface area contributed by atoms with Crippen LogP contribution in [0.4, 0.5) is 13.2 Å². The Bertz CT molecular complexity index is 760. The molecule has 1 heterocycles. The third kappa shape index (κ3) is 2.74. The van der Waals surface area contributed by atoms with Gasteiger partial charge in [0.1, 0.15) is 12.4 Å². The largest absolute Gasteiger partial charge is 0.488 e. The Kier molecular flexibility index (Phi) is 3.48.